The first-order valence-corrected chi connectivity index (χ1v) is 8.86. The summed E-state index contributed by atoms with van der Waals surface area (Å²) in [6.07, 6.45) is 0.877. The van der Waals surface area contributed by atoms with E-state index in [0.29, 0.717) is 18.4 Å². The minimum Gasteiger partial charge on any atom is -0.480 e. The second-order valence-electron chi connectivity index (χ2n) is 5.89. The van der Waals surface area contributed by atoms with Gasteiger partial charge in [-0.2, -0.15) is 4.31 Å². The Balaban J connectivity index is 2.03. The minimum absolute atomic E-state index is 0.0500. The van der Waals surface area contributed by atoms with Gasteiger partial charge in [0.15, 0.2) is 0 Å². The van der Waals surface area contributed by atoms with Crippen LogP contribution in [0.1, 0.15) is 32.7 Å². The summed E-state index contributed by atoms with van der Waals surface area (Å²) < 4.78 is 28.3. The van der Waals surface area contributed by atoms with E-state index in [1.165, 1.54) is 12.1 Å². The lowest BCUT2D eigenvalue weighted by molar-refractivity contribution is -0.140. The number of rotatable bonds is 4. The van der Waals surface area contributed by atoms with Crippen molar-refractivity contribution in [3.05, 3.63) is 18.2 Å². The Labute approximate surface area is 133 Å². The SMILES string of the molecule is CC(C)n1nnc2cc(S(=O)(=O)N3CCCC3C(=O)O)ccc21. The lowest BCUT2D eigenvalue weighted by Crippen LogP contribution is -2.40. The Morgan fingerprint density at radius 1 is 1.39 bits per heavy atom. The summed E-state index contributed by atoms with van der Waals surface area (Å²) >= 11 is 0. The Morgan fingerprint density at radius 3 is 2.78 bits per heavy atom. The fourth-order valence-electron chi connectivity index (χ4n) is 2.87. The molecule has 9 heteroatoms. The summed E-state index contributed by atoms with van der Waals surface area (Å²) in [6, 6.07) is 3.71. The van der Waals surface area contributed by atoms with Gasteiger partial charge in [-0.25, -0.2) is 13.1 Å². The van der Waals surface area contributed by atoms with Crippen molar-refractivity contribution in [3.63, 3.8) is 0 Å². The first-order chi connectivity index (χ1) is 10.8. The van der Waals surface area contributed by atoms with Crippen molar-refractivity contribution >= 4 is 27.0 Å². The molecule has 1 fully saturated rings. The molecule has 1 aliphatic heterocycles. The van der Waals surface area contributed by atoms with Crippen LogP contribution in [-0.2, 0) is 14.8 Å². The number of carbonyl (C=O) groups is 1. The highest BCUT2D eigenvalue weighted by atomic mass is 32.2. The van der Waals surface area contributed by atoms with E-state index in [-0.39, 0.29) is 17.5 Å². The van der Waals surface area contributed by atoms with Crippen LogP contribution in [0.2, 0.25) is 0 Å². The number of aliphatic carboxylic acids is 1. The maximum Gasteiger partial charge on any atom is 0.322 e. The summed E-state index contributed by atoms with van der Waals surface area (Å²) in [4.78, 5) is 11.3. The molecule has 1 saturated heterocycles. The van der Waals surface area contributed by atoms with Crippen LogP contribution in [0.25, 0.3) is 11.0 Å². The van der Waals surface area contributed by atoms with Gasteiger partial charge in [-0.05, 0) is 44.9 Å². The number of aromatic nitrogens is 3. The molecule has 1 atom stereocenters. The highest BCUT2D eigenvalue weighted by Gasteiger charge is 2.39. The number of fused-ring (bicyclic) bond motifs is 1. The fraction of sp³-hybridized carbons (Fsp3) is 0.500. The molecule has 1 aromatic heterocycles. The minimum atomic E-state index is -3.86. The van der Waals surface area contributed by atoms with Gasteiger partial charge >= 0.3 is 5.97 Å². The van der Waals surface area contributed by atoms with Crippen LogP contribution in [0.5, 0.6) is 0 Å². The molecule has 0 amide bonds. The normalized spacial score (nSPS) is 19.7. The first kappa shape index (κ1) is 15.9. The van der Waals surface area contributed by atoms with Crippen molar-refractivity contribution in [3.8, 4) is 0 Å². The molecule has 23 heavy (non-hydrogen) atoms. The van der Waals surface area contributed by atoms with Crippen molar-refractivity contribution in [2.24, 2.45) is 0 Å². The van der Waals surface area contributed by atoms with Gasteiger partial charge in [0.05, 0.1) is 10.4 Å². The molecular formula is C14H18N4O4S. The van der Waals surface area contributed by atoms with E-state index >= 15 is 0 Å². The predicted octanol–water partition coefficient (Wildman–Crippen LogP) is 1.25. The Hall–Kier alpha value is -2.00. The van der Waals surface area contributed by atoms with Crippen LogP contribution in [0.15, 0.2) is 23.1 Å². The van der Waals surface area contributed by atoms with Crippen molar-refractivity contribution in [1.82, 2.24) is 19.3 Å². The molecule has 8 nitrogen and oxygen atoms in total. The van der Waals surface area contributed by atoms with Crippen LogP contribution >= 0.6 is 0 Å². The van der Waals surface area contributed by atoms with Crippen LogP contribution < -0.4 is 0 Å². The molecule has 0 radical (unpaired) electrons. The third-order valence-electron chi connectivity index (χ3n) is 4.03. The number of sulfonamides is 1. The van der Waals surface area contributed by atoms with E-state index in [1.807, 2.05) is 13.8 Å². The Morgan fingerprint density at radius 2 is 2.13 bits per heavy atom. The van der Waals surface area contributed by atoms with Crippen LogP contribution in [-0.4, -0.2) is 51.4 Å². The molecule has 0 bridgehead atoms. The number of hydrogen-bond acceptors (Lipinski definition) is 5. The van der Waals surface area contributed by atoms with E-state index in [0.717, 1.165) is 9.82 Å². The van der Waals surface area contributed by atoms with Gasteiger partial charge in [0, 0.05) is 12.6 Å². The van der Waals surface area contributed by atoms with Gasteiger partial charge in [0.25, 0.3) is 0 Å². The van der Waals surface area contributed by atoms with Gasteiger partial charge in [0.2, 0.25) is 10.0 Å². The van der Waals surface area contributed by atoms with Gasteiger partial charge in [-0.3, -0.25) is 4.79 Å². The summed E-state index contributed by atoms with van der Waals surface area (Å²) in [5, 5.41) is 17.2. The zero-order valence-corrected chi connectivity index (χ0v) is 13.7. The summed E-state index contributed by atoms with van der Waals surface area (Å²) in [7, 11) is -3.86. The molecule has 124 valence electrons. The zero-order valence-electron chi connectivity index (χ0n) is 12.9. The zero-order chi connectivity index (χ0) is 16.8. The second kappa shape index (κ2) is 5.57. The molecule has 3 rings (SSSR count). The highest BCUT2D eigenvalue weighted by Crippen LogP contribution is 2.28. The first-order valence-electron chi connectivity index (χ1n) is 7.42. The summed E-state index contributed by atoms with van der Waals surface area (Å²) in [6.45, 7) is 4.14. The predicted molar refractivity (Wildman–Crippen MR) is 82.5 cm³/mol. The third kappa shape index (κ3) is 2.59. The molecule has 0 saturated carbocycles. The van der Waals surface area contributed by atoms with Crippen LogP contribution in [0.4, 0.5) is 0 Å². The summed E-state index contributed by atoms with van der Waals surface area (Å²) in [5.74, 6) is -1.11. The van der Waals surface area contributed by atoms with Gasteiger partial charge < -0.3 is 5.11 Å². The van der Waals surface area contributed by atoms with Crippen molar-refractivity contribution in [2.75, 3.05) is 6.54 Å². The molecule has 0 spiro atoms. The Kier molecular flexibility index (Phi) is 3.85. The molecular weight excluding hydrogens is 320 g/mol. The number of carboxylic acids is 1. The summed E-state index contributed by atoms with van der Waals surface area (Å²) in [5.41, 5.74) is 1.22. The Bertz CT molecular complexity index is 859. The van der Waals surface area contributed by atoms with Gasteiger partial charge in [-0.15, -0.1) is 5.10 Å². The lowest BCUT2D eigenvalue weighted by Gasteiger charge is -2.20. The number of benzene rings is 1. The number of hydrogen-bond donors (Lipinski definition) is 1. The van der Waals surface area contributed by atoms with Crippen molar-refractivity contribution < 1.29 is 18.3 Å². The fourth-order valence-corrected chi connectivity index (χ4v) is 4.54. The van der Waals surface area contributed by atoms with Crippen molar-refractivity contribution in [2.45, 2.75) is 43.7 Å². The van der Waals surface area contributed by atoms with E-state index in [9.17, 15) is 18.3 Å². The topological polar surface area (TPSA) is 105 Å². The van der Waals surface area contributed by atoms with E-state index in [2.05, 4.69) is 10.3 Å². The molecule has 1 N–H and O–H groups in total. The quantitative estimate of drug-likeness (QED) is 0.899. The number of nitrogens with zero attached hydrogens (tertiary/aromatic N) is 4. The average Bonchev–Trinajstić information content (AvgIpc) is 3.13. The molecule has 1 unspecified atom stereocenters. The number of carboxylic acid groups (broad SMARTS) is 1. The average molecular weight is 338 g/mol. The molecule has 2 heterocycles. The monoisotopic (exact) mass is 338 g/mol. The second-order valence-corrected chi connectivity index (χ2v) is 7.78. The molecule has 2 aromatic rings. The molecule has 0 aliphatic carbocycles. The van der Waals surface area contributed by atoms with Crippen molar-refractivity contribution in [1.29, 1.82) is 0 Å². The van der Waals surface area contributed by atoms with E-state index in [1.54, 1.807) is 10.7 Å². The molecule has 1 aromatic carbocycles. The van der Waals surface area contributed by atoms with Crippen LogP contribution in [0.3, 0.4) is 0 Å². The van der Waals surface area contributed by atoms with E-state index in [4.69, 9.17) is 0 Å². The van der Waals surface area contributed by atoms with E-state index < -0.39 is 22.0 Å². The maximum atomic E-state index is 12.7. The lowest BCUT2D eigenvalue weighted by atomic mass is 10.2. The van der Waals surface area contributed by atoms with Crippen LogP contribution in [0, 0.1) is 0 Å². The van der Waals surface area contributed by atoms with Gasteiger partial charge in [-0.1, -0.05) is 5.21 Å². The highest BCUT2D eigenvalue weighted by molar-refractivity contribution is 7.89. The largest absolute Gasteiger partial charge is 0.480 e. The smallest absolute Gasteiger partial charge is 0.322 e. The maximum absolute atomic E-state index is 12.7. The third-order valence-corrected chi connectivity index (χ3v) is 5.93. The van der Waals surface area contributed by atoms with Gasteiger partial charge in [0.1, 0.15) is 11.6 Å². The molecule has 1 aliphatic rings. The standard InChI is InChI=1S/C14H18N4O4S/c1-9(2)18-12-6-5-10(8-11(12)15-16-18)23(21,22)17-7-3-4-13(17)14(19)20/h5-6,8-9,13H,3-4,7H2,1-2H3,(H,19,20).